The zero-order valence-corrected chi connectivity index (χ0v) is 27.8. The van der Waals surface area contributed by atoms with E-state index < -0.39 is 5.92 Å². The molecule has 1 aliphatic heterocycles. The Morgan fingerprint density at radius 3 is 1.95 bits per heavy atom. The first kappa shape index (κ1) is 41.6. The third kappa shape index (κ3) is 17.7. The van der Waals surface area contributed by atoms with Crippen LogP contribution in [0.4, 0.5) is 8.78 Å². The summed E-state index contributed by atoms with van der Waals surface area (Å²) in [6.07, 6.45) is 12.6. The number of alkyl halides is 2. The number of hydrogen-bond acceptors (Lipinski definition) is 5. The average molecular weight is 551 g/mol. The summed E-state index contributed by atoms with van der Waals surface area (Å²) in [5.41, 5.74) is 5.47. The zero-order valence-electron chi connectivity index (χ0n) is 25.8. The molecule has 2 aliphatic carbocycles. The van der Waals surface area contributed by atoms with Crippen LogP contribution in [0, 0.1) is 0 Å². The van der Waals surface area contributed by atoms with Gasteiger partial charge in [0.25, 0.3) is 5.92 Å². The van der Waals surface area contributed by atoms with Gasteiger partial charge in [0, 0.05) is 37.7 Å². The molecule has 0 atom stereocenters. The first-order chi connectivity index (χ1) is 17.6. The molecule has 0 unspecified atom stereocenters. The van der Waals surface area contributed by atoms with Crippen molar-refractivity contribution in [2.45, 2.75) is 118 Å². The molecule has 0 aromatic heterocycles. The number of carbonyl (C=O) groups is 1. The van der Waals surface area contributed by atoms with Gasteiger partial charge in [-0.05, 0) is 85.3 Å². The number of aldehydes is 1. The van der Waals surface area contributed by atoms with Crippen molar-refractivity contribution < 1.29 is 53.0 Å². The van der Waals surface area contributed by atoms with E-state index in [4.69, 9.17) is 14.6 Å². The Hall–Kier alpha value is -0.860. The minimum atomic E-state index is -2.38. The van der Waals surface area contributed by atoms with Gasteiger partial charge in [-0.15, -0.1) is 0 Å². The number of halogens is 2. The molecule has 0 aromatic carbocycles. The van der Waals surface area contributed by atoms with Crippen LogP contribution in [0.3, 0.4) is 0 Å². The second kappa shape index (κ2) is 25.1. The Labute approximate surface area is 254 Å². The molecule has 1 saturated carbocycles. The van der Waals surface area contributed by atoms with Gasteiger partial charge in [-0.1, -0.05) is 38.0 Å². The van der Waals surface area contributed by atoms with Crippen LogP contribution >= 0.6 is 0 Å². The summed E-state index contributed by atoms with van der Waals surface area (Å²) in [6.45, 7) is 16.9. The number of carbonyl (C=O) groups excluding carboxylic acids is 1. The van der Waals surface area contributed by atoms with E-state index in [1.165, 1.54) is 61.3 Å². The minimum absolute atomic E-state index is 0. The number of aliphatic imine (C=N–C) groups is 1. The van der Waals surface area contributed by atoms with Crippen LogP contribution in [0.1, 0.15) is 106 Å². The normalized spacial score (nSPS) is 18.8. The molecular formula is C30H53F2N2NaO3. The number of rotatable bonds is 4. The van der Waals surface area contributed by atoms with E-state index in [-0.39, 0.29) is 42.4 Å². The second-order valence-electron chi connectivity index (χ2n) is 9.38. The third-order valence-electron chi connectivity index (χ3n) is 6.27. The van der Waals surface area contributed by atoms with Crippen LogP contribution in [-0.4, -0.2) is 56.4 Å². The molecular weight excluding hydrogens is 497 g/mol. The van der Waals surface area contributed by atoms with Crippen molar-refractivity contribution in [1.29, 1.82) is 0 Å². The molecule has 0 bridgehead atoms. The van der Waals surface area contributed by atoms with Crippen LogP contribution in [-0.2, 0) is 9.53 Å². The molecule has 0 spiro atoms. The maximum absolute atomic E-state index is 12.4. The Kier molecular flexibility index (Phi) is 27.5. The summed E-state index contributed by atoms with van der Waals surface area (Å²) in [7, 11) is 2.62. The summed E-state index contributed by atoms with van der Waals surface area (Å²) >= 11 is 0. The Balaban J connectivity index is -0.000000601. The van der Waals surface area contributed by atoms with Crippen molar-refractivity contribution >= 4 is 12.2 Å². The Morgan fingerprint density at radius 1 is 1.08 bits per heavy atom. The molecule has 8 heteroatoms. The van der Waals surface area contributed by atoms with Gasteiger partial charge in [0.2, 0.25) is 5.90 Å². The molecule has 1 heterocycles. The van der Waals surface area contributed by atoms with Crippen molar-refractivity contribution in [2.24, 2.45) is 4.99 Å². The summed E-state index contributed by atoms with van der Waals surface area (Å²) in [5.74, 6) is -1.58. The van der Waals surface area contributed by atoms with Crippen molar-refractivity contribution in [3.63, 3.8) is 0 Å². The van der Waals surface area contributed by atoms with Gasteiger partial charge in [-0.25, -0.2) is 13.8 Å². The number of nitrogens with zero attached hydrogens (tertiary/aromatic N) is 2. The first-order valence-electron chi connectivity index (χ1n) is 13.7. The first-order valence-corrected chi connectivity index (χ1v) is 13.7. The fraction of sp³-hybridized carbons (Fsp3) is 0.733. The number of allylic oxidation sites excluding steroid dienone is 2. The van der Waals surface area contributed by atoms with Crippen molar-refractivity contribution in [2.75, 3.05) is 27.2 Å². The zero-order chi connectivity index (χ0) is 28.9. The van der Waals surface area contributed by atoms with Crippen molar-refractivity contribution in [1.82, 2.24) is 4.90 Å². The molecule has 0 aromatic rings. The number of hydrogen-bond donors (Lipinski definition) is 0. The van der Waals surface area contributed by atoms with Crippen LogP contribution in [0.2, 0.25) is 0 Å². The smallest absolute Gasteiger partial charge is 0.857 e. The molecule has 5 nitrogen and oxygen atoms in total. The Morgan fingerprint density at radius 2 is 1.58 bits per heavy atom. The van der Waals surface area contributed by atoms with Gasteiger partial charge in [0.1, 0.15) is 12.4 Å². The molecule has 0 N–H and O–H groups in total. The average Bonchev–Trinajstić information content (AvgIpc) is 3.30. The van der Waals surface area contributed by atoms with E-state index in [1.54, 1.807) is 6.20 Å². The molecule has 1 saturated heterocycles. The van der Waals surface area contributed by atoms with E-state index in [1.807, 2.05) is 25.8 Å². The quantitative estimate of drug-likeness (QED) is 0.227. The van der Waals surface area contributed by atoms with Crippen LogP contribution in [0.15, 0.2) is 40.1 Å². The molecule has 38 heavy (non-hydrogen) atoms. The van der Waals surface area contributed by atoms with E-state index in [0.29, 0.717) is 19.2 Å². The predicted molar refractivity (Wildman–Crippen MR) is 151 cm³/mol. The summed E-state index contributed by atoms with van der Waals surface area (Å²) < 4.78 is 31.0. The Bertz CT molecular complexity index is 717. The molecule has 0 radical (unpaired) electrons. The van der Waals surface area contributed by atoms with Gasteiger partial charge < -0.3 is 19.5 Å². The fourth-order valence-corrected chi connectivity index (χ4v) is 4.40. The van der Waals surface area contributed by atoms with Crippen molar-refractivity contribution in [3.05, 3.63) is 35.1 Å². The van der Waals surface area contributed by atoms with Gasteiger partial charge in [0.05, 0.1) is 0 Å². The SMILES string of the molecule is C=CN=C(OC1CCCCC1)C(=C(C)C)C1=C(C)CCC1.CC.CC=O.CN1CCC(F)(F)CC1.C[O-].[Na+]. The molecule has 0 amide bonds. The molecule has 3 rings (SSSR count). The van der Waals surface area contributed by atoms with Gasteiger partial charge in [0.15, 0.2) is 0 Å². The van der Waals surface area contributed by atoms with Crippen LogP contribution in [0.25, 0.3) is 0 Å². The molecule has 216 valence electrons. The standard InChI is InChI=1S/C19H29NO.C6H11F2N.C2H4O.C2H6.CH3O.Na/c1-5-20-19(21-16-11-7-6-8-12-16)18(14(2)3)17-13-9-10-15(17)4;1-9-4-2-6(7,8)3-5-9;1-2-3;2*1-2;/h5,16H,1,6-13H2,2-4H3;2-5H2,1H3;2H,1H3;1-2H3;1H3;/q;;;;-1;+1. The summed E-state index contributed by atoms with van der Waals surface area (Å²) in [5, 5.41) is 8.25. The summed E-state index contributed by atoms with van der Waals surface area (Å²) in [4.78, 5) is 15.2. The second-order valence-corrected chi connectivity index (χ2v) is 9.38. The van der Waals surface area contributed by atoms with E-state index >= 15 is 0 Å². The number of piperidine rings is 1. The number of likely N-dealkylation sites (tertiary alicyclic amines) is 1. The fourth-order valence-electron chi connectivity index (χ4n) is 4.40. The largest absolute Gasteiger partial charge is 1.00 e. The summed E-state index contributed by atoms with van der Waals surface area (Å²) in [6, 6.07) is 0. The maximum atomic E-state index is 12.4. The van der Waals surface area contributed by atoms with E-state index in [0.717, 1.165) is 38.6 Å². The monoisotopic (exact) mass is 550 g/mol. The van der Waals surface area contributed by atoms with Gasteiger partial charge in [-0.3, -0.25) is 0 Å². The van der Waals surface area contributed by atoms with Crippen LogP contribution in [0.5, 0.6) is 0 Å². The topological polar surface area (TPSA) is 65.0 Å². The predicted octanol–water partition coefficient (Wildman–Crippen LogP) is 4.27. The van der Waals surface area contributed by atoms with Gasteiger partial charge >= 0.3 is 29.6 Å². The third-order valence-corrected chi connectivity index (χ3v) is 6.27. The number of ether oxygens (including phenoxy) is 1. The van der Waals surface area contributed by atoms with Crippen LogP contribution < -0.4 is 34.7 Å². The van der Waals surface area contributed by atoms with Gasteiger partial charge in [-0.2, -0.15) is 7.11 Å². The molecule has 3 aliphatic rings. The van der Waals surface area contributed by atoms with Crippen molar-refractivity contribution in [3.8, 4) is 0 Å². The minimum Gasteiger partial charge on any atom is -0.857 e. The molecule has 2 fully saturated rings. The maximum Gasteiger partial charge on any atom is 1.00 e. The van der Waals surface area contributed by atoms with E-state index in [2.05, 4.69) is 32.3 Å². The van der Waals surface area contributed by atoms with E-state index in [9.17, 15) is 8.78 Å².